The van der Waals surface area contributed by atoms with Crippen molar-refractivity contribution in [3.05, 3.63) is 72.8 Å². The quantitative estimate of drug-likeness (QED) is 0.360. The lowest BCUT2D eigenvalue weighted by atomic mass is 10.2. The van der Waals surface area contributed by atoms with E-state index in [-0.39, 0.29) is 0 Å². The first-order valence-electron chi connectivity index (χ1n) is 8.40. The van der Waals surface area contributed by atoms with E-state index >= 15 is 0 Å². The molecule has 6 nitrogen and oxygen atoms in total. The molecule has 2 aromatic carbocycles. The minimum atomic E-state index is 0.469. The number of aldehydes is 1. The number of fused-ring (bicyclic) bond motifs is 1. The molecule has 0 saturated heterocycles. The summed E-state index contributed by atoms with van der Waals surface area (Å²) >= 11 is 1.57. The van der Waals surface area contributed by atoms with Crippen LogP contribution in [-0.4, -0.2) is 32.4 Å². The van der Waals surface area contributed by atoms with Gasteiger partial charge in [-0.2, -0.15) is 0 Å². The number of carbonyl (C=O) groups excluding carboxylic acids is 1. The van der Waals surface area contributed by atoms with Crippen LogP contribution in [0.1, 0.15) is 10.4 Å². The molecule has 0 spiro atoms. The van der Waals surface area contributed by atoms with E-state index in [0.29, 0.717) is 18.7 Å². The Morgan fingerprint density at radius 2 is 1.81 bits per heavy atom. The van der Waals surface area contributed by atoms with E-state index in [1.165, 1.54) is 0 Å². The van der Waals surface area contributed by atoms with Gasteiger partial charge in [-0.15, -0.1) is 0 Å². The summed E-state index contributed by atoms with van der Waals surface area (Å²) in [6.07, 6.45) is 4.13. The van der Waals surface area contributed by atoms with Crippen LogP contribution in [0.5, 0.6) is 5.75 Å². The van der Waals surface area contributed by atoms with Gasteiger partial charge in [-0.1, -0.05) is 30.0 Å². The van der Waals surface area contributed by atoms with Crippen LogP contribution >= 0.6 is 11.8 Å². The van der Waals surface area contributed by atoms with Gasteiger partial charge in [0, 0.05) is 10.5 Å². The molecule has 0 saturated carbocycles. The van der Waals surface area contributed by atoms with Crippen molar-refractivity contribution in [1.29, 1.82) is 0 Å². The lowest BCUT2D eigenvalue weighted by molar-refractivity contribution is 0.112. The van der Waals surface area contributed by atoms with E-state index in [1.54, 1.807) is 48.7 Å². The zero-order chi connectivity index (χ0) is 18.5. The molecule has 4 rings (SSSR count). The van der Waals surface area contributed by atoms with Crippen molar-refractivity contribution in [3.8, 4) is 5.75 Å². The van der Waals surface area contributed by atoms with Gasteiger partial charge >= 0.3 is 0 Å². The Labute approximate surface area is 160 Å². The molecule has 0 fully saturated rings. The minimum Gasteiger partial charge on any atom is -0.492 e. The van der Waals surface area contributed by atoms with Gasteiger partial charge in [0.05, 0.1) is 12.9 Å². The molecule has 0 atom stereocenters. The highest BCUT2D eigenvalue weighted by atomic mass is 32.2. The van der Waals surface area contributed by atoms with E-state index in [2.05, 4.69) is 15.0 Å². The Balaban J connectivity index is 1.46. The monoisotopic (exact) mass is 376 g/mol. The van der Waals surface area contributed by atoms with Crippen molar-refractivity contribution < 1.29 is 9.53 Å². The molecule has 0 radical (unpaired) electrons. The van der Waals surface area contributed by atoms with Crippen molar-refractivity contribution in [2.24, 2.45) is 0 Å². The summed E-state index contributed by atoms with van der Waals surface area (Å²) in [4.78, 5) is 25.0. The lowest BCUT2D eigenvalue weighted by Crippen LogP contribution is -2.08. The predicted octanol–water partition coefficient (Wildman–Crippen LogP) is 3.87. The predicted molar refractivity (Wildman–Crippen MR) is 103 cm³/mol. The van der Waals surface area contributed by atoms with Crippen molar-refractivity contribution in [2.45, 2.75) is 16.5 Å². The van der Waals surface area contributed by atoms with Gasteiger partial charge in [0.15, 0.2) is 5.65 Å². The Morgan fingerprint density at radius 3 is 2.59 bits per heavy atom. The van der Waals surface area contributed by atoms with Crippen LogP contribution in [0.2, 0.25) is 0 Å². The average molecular weight is 376 g/mol. The smallest absolute Gasteiger partial charge is 0.164 e. The number of hydrogen-bond acceptors (Lipinski definition) is 6. The number of carbonyl (C=O) groups is 1. The molecular weight excluding hydrogens is 360 g/mol. The zero-order valence-electron chi connectivity index (χ0n) is 14.4. The first-order chi connectivity index (χ1) is 13.3. The maximum atomic E-state index is 10.7. The molecule has 0 unspecified atom stereocenters. The third kappa shape index (κ3) is 3.98. The number of aromatic nitrogens is 4. The second kappa shape index (κ2) is 8.01. The second-order valence-corrected chi connectivity index (χ2v) is 6.80. The number of benzene rings is 2. The summed E-state index contributed by atoms with van der Waals surface area (Å²) in [6.45, 7) is 1.08. The van der Waals surface area contributed by atoms with Crippen LogP contribution < -0.4 is 4.74 Å². The Hall–Kier alpha value is -3.19. The van der Waals surface area contributed by atoms with Crippen molar-refractivity contribution in [3.63, 3.8) is 0 Å². The average Bonchev–Trinajstić information content (AvgIpc) is 3.14. The molecule has 0 bridgehead atoms. The highest BCUT2D eigenvalue weighted by Gasteiger charge is 2.11. The van der Waals surface area contributed by atoms with Crippen LogP contribution in [-0.2, 0) is 6.54 Å². The van der Waals surface area contributed by atoms with Crippen LogP contribution in [0.4, 0.5) is 0 Å². The van der Waals surface area contributed by atoms with Crippen LogP contribution in [0.3, 0.4) is 0 Å². The van der Waals surface area contributed by atoms with Crippen LogP contribution in [0, 0.1) is 0 Å². The number of hydrogen-bond donors (Lipinski definition) is 0. The van der Waals surface area contributed by atoms with Crippen molar-refractivity contribution in [1.82, 2.24) is 19.5 Å². The molecule has 2 heterocycles. The summed E-state index contributed by atoms with van der Waals surface area (Å²) in [7, 11) is 0. The fraction of sp³-hybridized carbons (Fsp3) is 0.100. The number of ether oxygens (including phenoxy) is 1. The molecule has 27 heavy (non-hydrogen) atoms. The van der Waals surface area contributed by atoms with Crippen LogP contribution in [0.15, 0.2) is 77.2 Å². The van der Waals surface area contributed by atoms with Gasteiger partial charge in [-0.25, -0.2) is 15.0 Å². The molecule has 0 aliphatic rings. The first-order valence-corrected chi connectivity index (χ1v) is 9.22. The molecule has 2 aromatic heterocycles. The SMILES string of the molecule is O=Cc1ccc(OCCn2cnc3c(Sc4ccccc4)ncnc32)cc1. The molecular formula is C20H16N4O2S. The van der Waals surface area contributed by atoms with Gasteiger partial charge in [0.25, 0.3) is 0 Å². The van der Waals surface area contributed by atoms with E-state index in [1.807, 2.05) is 34.9 Å². The molecule has 0 aliphatic carbocycles. The Bertz CT molecular complexity index is 1050. The van der Waals surface area contributed by atoms with Crippen molar-refractivity contribution in [2.75, 3.05) is 6.61 Å². The zero-order valence-corrected chi connectivity index (χ0v) is 15.2. The largest absolute Gasteiger partial charge is 0.492 e. The molecule has 0 N–H and O–H groups in total. The van der Waals surface area contributed by atoms with E-state index in [4.69, 9.17) is 4.74 Å². The molecule has 0 amide bonds. The fourth-order valence-corrected chi connectivity index (χ4v) is 3.46. The topological polar surface area (TPSA) is 69.9 Å². The van der Waals surface area contributed by atoms with Gasteiger partial charge < -0.3 is 9.30 Å². The Morgan fingerprint density at radius 1 is 1.00 bits per heavy atom. The van der Waals surface area contributed by atoms with E-state index in [9.17, 15) is 4.79 Å². The highest BCUT2D eigenvalue weighted by Crippen LogP contribution is 2.29. The highest BCUT2D eigenvalue weighted by molar-refractivity contribution is 7.99. The number of rotatable bonds is 7. The van der Waals surface area contributed by atoms with Crippen LogP contribution in [0.25, 0.3) is 11.2 Å². The Kier molecular flexibility index (Phi) is 5.11. The second-order valence-electron chi connectivity index (χ2n) is 5.74. The maximum Gasteiger partial charge on any atom is 0.164 e. The third-order valence-electron chi connectivity index (χ3n) is 3.94. The van der Waals surface area contributed by atoms with Gasteiger partial charge in [0.1, 0.15) is 35.5 Å². The number of imidazole rings is 1. The normalized spacial score (nSPS) is 10.8. The lowest BCUT2D eigenvalue weighted by Gasteiger charge is -2.07. The third-order valence-corrected chi connectivity index (χ3v) is 4.94. The fourth-order valence-electron chi connectivity index (χ4n) is 2.60. The summed E-state index contributed by atoms with van der Waals surface area (Å²) in [5.41, 5.74) is 2.19. The van der Waals surface area contributed by atoms with E-state index in [0.717, 1.165) is 33.1 Å². The standard InChI is InChI=1S/C20H16N4O2S/c25-12-15-6-8-16(9-7-15)26-11-10-24-14-23-18-19(24)21-13-22-20(18)27-17-4-2-1-3-5-17/h1-9,12-14H,10-11H2. The van der Waals surface area contributed by atoms with Crippen molar-refractivity contribution >= 4 is 29.2 Å². The molecule has 7 heteroatoms. The van der Waals surface area contributed by atoms with Gasteiger partial charge in [-0.3, -0.25) is 4.79 Å². The molecule has 134 valence electrons. The molecule has 4 aromatic rings. The first kappa shape index (κ1) is 17.2. The summed E-state index contributed by atoms with van der Waals surface area (Å²) in [5.74, 6) is 0.722. The van der Waals surface area contributed by atoms with E-state index < -0.39 is 0 Å². The van der Waals surface area contributed by atoms with Gasteiger partial charge in [0.2, 0.25) is 0 Å². The maximum absolute atomic E-state index is 10.7. The minimum absolute atomic E-state index is 0.469. The summed E-state index contributed by atoms with van der Waals surface area (Å²) in [5, 5.41) is 0.829. The number of nitrogens with zero attached hydrogens (tertiary/aromatic N) is 4. The summed E-state index contributed by atoms with van der Waals surface area (Å²) < 4.78 is 7.69. The molecule has 0 aliphatic heterocycles. The summed E-state index contributed by atoms with van der Waals surface area (Å²) in [6, 6.07) is 17.1. The van der Waals surface area contributed by atoms with Gasteiger partial charge in [-0.05, 0) is 36.4 Å².